The van der Waals surface area contributed by atoms with Crippen molar-refractivity contribution >= 4 is 11.7 Å². The maximum Gasteiger partial charge on any atom is 0.343 e. The van der Waals surface area contributed by atoms with Crippen molar-refractivity contribution in [2.45, 2.75) is 19.8 Å². The van der Waals surface area contributed by atoms with E-state index in [1.807, 2.05) is 6.92 Å². The van der Waals surface area contributed by atoms with Crippen LogP contribution in [0.2, 0.25) is 0 Å². The highest BCUT2D eigenvalue weighted by molar-refractivity contribution is 5.90. The number of nitrogens with two attached hydrogens (primary N) is 1. The maximum absolute atomic E-state index is 11.5. The predicted octanol–water partition coefficient (Wildman–Crippen LogP) is 2.74. The van der Waals surface area contributed by atoms with Gasteiger partial charge in [0.2, 0.25) is 0 Å². The van der Waals surface area contributed by atoms with E-state index in [9.17, 15) is 4.79 Å². The van der Waals surface area contributed by atoms with Gasteiger partial charge in [0.05, 0.1) is 5.56 Å². The number of nitrogen functional groups attached to an aromatic ring is 1. The topological polar surface area (TPSA) is 52.3 Å². The summed E-state index contributed by atoms with van der Waals surface area (Å²) < 4.78 is 5.04. The van der Waals surface area contributed by atoms with E-state index in [0.29, 0.717) is 23.4 Å². The minimum atomic E-state index is -0.381. The molecule has 0 saturated carbocycles. The molecule has 0 aliphatic heterocycles. The highest BCUT2D eigenvalue weighted by atomic mass is 16.5. The first kappa shape index (κ1) is 11.3. The van der Waals surface area contributed by atoms with Crippen LogP contribution in [0.3, 0.4) is 0 Å². The fraction of sp³-hybridized carbons (Fsp3) is 0.250. The van der Waals surface area contributed by atoms with Gasteiger partial charge in [-0.1, -0.05) is 13.5 Å². The van der Waals surface area contributed by atoms with Gasteiger partial charge in [0, 0.05) is 12.1 Å². The molecule has 1 rings (SSSR count). The van der Waals surface area contributed by atoms with Crippen LogP contribution in [0.25, 0.3) is 0 Å². The van der Waals surface area contributed by atoms with Crippen molar-refractivity contribution in [3.8, 4) is 0 Å². The second kappa shape index (κ2) is 5.20. The molecule has 0 heterocycles. The average molecular weight is 205 g/mol. The lowest BCUT2D eigenvalue weighted by Crippen LogP contribution is -2.04. The number of hydrogen-bond acceptors (Lipinski definition) is 3. The number of hydrogen-bond donors (Lipinski definition) is 1. The Morgan fingerprint density at radius 1 is 1.40 bits per heavy atom. The molecule has 0 radical (unpaired) electrons. The fourth-order valence-electron chi connectivity index (χ4n) is 1.14. The van der Waals surface area contributed by atoms with E-state index in [-0.39, 0.29) is 5.97 Å². The molecule has 0 bridgehead atoms. The zero-order valence-corrected chi connectivity index (χ0v) is 8.82. The molecule has 2 N–H and O–H groups in total. The highest BCUT2D eigenvalue weighted by Crippen LogP contribution is 2.11. The molecule has 0 aromatic heterocycles. The maximum atomic E-state index is 11.5. The molecule has 0 fully saturated rings. The Morgan fingerprint density at radius 2 is 2.00 bits per heavy atom. The summed E-state index contributed by atoms with van der Waals surface area (Å²) in [5, 5.41) is 0. The molecular weight excluding hydrogens is 190 g/mol. The van der Waals surface area contributed by atoms with Crippen molar-refractivity contribution in [1.82, 2.24) is 0 Å². The molecule has 0 aliphatic carbocycles. The smallest absolute Gasteiger partial charge is 0.343 e. The Hall–Kier alpha value is -1.77. The molecule has 3 heteroatoms. The first-order valence-electron chi connectivity index (χ1n) is 4.89. The Balaban J connectivity index is 2.61. The quantitative estimate of drug-likeness (QED) is 0.467. The molecule has 0 saturated heterocycles. The van der Waals surface area contributed by atoms with Crippen molar-refractivity contribution in [3.63, 3.8) is 0 Å². The number of carbonyl (C=O) groups is 1. The van der Waals surface area contributed by atoms with Crippen LogP contribution in [-0.4, -0.2) is 5.97 Å². The monoisotopic (exact) mass is 205 g/mol. The summed E-state index contributed by atoms with van der Waals surface area (Å²) in [5.74, 6) is 0.118. The van der Waals surface area contributed by atoms with Crippen LogP contribution in [0.15, 0.2) is 36.6 Å². The molecule has 80 valence electrons. The average Bonchev–Trinajstić information content (AvgIpc) is 2.18. The molecule has 1 aromatic carbocycles. The van der Waals surface area contributed by atoms with Crippen LogP contribution >= 0.6 is 0 Å². The molecular formula is C12H15NO2. The van der Waals surface area contributed by atoms with Gasteiger partial charge in [-0.25, -0.2) is 4.79 Å². The Bertz CT molecular complexity index is 354. The molecule has 0 aliphatic rings. The van der Waals surface area contributed by atoms with E-state index in [0.717, 1.165) is 6.42 Å². The summed E-state index contributed by atoms with van der Waals surface area (Å²) in [4.78, 5) is 11.5. The summed E-state index contributed by atoms with van der Waals surface area (Å²) in [7, 11) is 0. The second-order valence-corrected chi connectivity index (χ2v) is 3.30. The summed E-state index contributed by atoms with van der Waals surface area (Å²) in [5.41, 5.74) is 6.62. The minimum Gasteiger partial charge on any atom is -0.428 e. The lowest BCUT2D eigenvalue weighted by atomic mass is 10.2. The Kier molecular flexibility index (Phi) is 3.92. The van der Waals surface area contributed by atoms with Crippen molar-refractivity contribution in [2.24, 2.45) is 0 Å². The van der Waals surface area contributed by atoms with Gasteiger partial charge in [0.1, 0.15) is 5.76 Å². The third-order valence-corrected chi connectivity index (χ3v) is 1.91. The Labute approximate surface area is 89.5 Å². The zero-order chi connectivity index (χ0) is 11.3. The first-order valence-corrected chi connectivity index (χ1v) is 4.89. The van der Waals surface area contributed by atoms with Crippen molar-refractivity contribution < 1.29 is 9.53 Å². The highest BCUT2D eigenvalue weighted by Gasteiger charge is 2.07. The SMILES string of the molecule is C=C(CCC)OC(=O)c1ccc(N)cc1. The van der Waals surface area contributed by atoms with Crippen molar-refractivity contribution in [3.05, 3.63) is 42.2 Å². The third kappa shape index (κ3) is 3.46. The largest absolute Gasteiger partial charge is 0.428 e. The normalized spacial score (nSPS) is 9.67. The van der Waals surface area contributed by atoms with E-state index in [4.69, 9.17) is 10.5 Å². The standard InChI is InChI=1S/C12H15NO2/c1-3-4-9(2)15-12(14)10-5-7-11(13)8-6-10/h5-8H,2-4,13H2,1H3. The fourth-order valence-corrected chi connectivity index (χ4v) is 1.14. The number of rotatable bonds is 4. The van der Waals surface area contributed by atoms with Gasteiger partial charge < -0.3 is 10.5 Å². The molecule has 0 amide bonds. The molecule has 0 unspecified atom stereocenters. The van der Waals surface area contributed by atoms with Gasteiger partial charge in [-0.05, 0) is 30.7 Å². The van der Waals surface area contributed by atoms with Gasteiger partial charge >= 0.3 is 5.97 Å². The molecule has 15 heavy (non-hydrogen) atoms. The summed E-state index contributed by atoms with van der Waals surface area (Å²) in [6, 6.07) is 6.60. The number of allylic oxidation sites excluding steroid dienone is 1. The van der Waals surface area contributed by atoms with E-state index in [2.05, 4.69) is 6.58 Å². The van der Waals surface area contributed by atoms with Crippen LogP contribution in [-0.2, 0) is 4.74 Å². The molecule has 3 nitrogen and oxygen atoms in total. The molecule has 0 spiro atoms. The molecule has 0 atom stereocenters. The van der Waals surface area contributed by atoms with Crippen LogP contribution in [0, 0.1) is 0 Å². The van der Waals surface area contributed by atoms with Crippen LogP contribution in [0.1, 0.15) is 30.1 Å². The number of benzene rings is 1. The van der Waals surface area contributed by atoms with Gasteiger partial charge in [-0.2, -0.15) is 0 Å². The van der Waals surface area contributed by atoms with Gasteiger partial charge in [0.25, 0.3) is 0 Å². The summed E-state index contributed by atoms with van der Waals surface area (Å²) in [6.45, 7) is 5.66. The van der Waals surface area contributed by atoms with Crippen LogP contribution in [0.5, 0.6) is 0 Å². The van der Waals surface area contributed by atoms with Gasteiger partial charge in [-0.15, -0.1) is 0 Å². The molecule has 1 aromatic rings. The van der Waals surface area contributed by atoms with Crippen LogP contribution < -0.4 is 5.73 Å². The number of ether oxygens (including phenoxy) is 1. The number of anilines is 1. The second-order valence-electron chi connectivity index (χ2n) is 3.30. The van der Waals surface area contributed by atoms with Crippen molar-refractivity contribution in [1.29, 1.82) is 0 Å². The van der Waals surface area contributed by atoms with E-state index >= 15 is 0 Å². The third-order valence-electron chi connectivity index (χ3n) is 1.91. The number of esters is 1. The van der Waals surface area contributed by atoms with Crippen LogP contribution in [0.4, 0.5) is 5.69 Å². The zero-order valence-electron chi connectivity index (χ0n) is 8.82. The van der Waals surface area contributed by atoms with Crippen molar-refractivity contribution in [2.75, 3.05) is 5.73 Å². The number of carbonyl (C=O) groups excluding carboxylic acids is 1. The van der Waals surface area contributed by atoms with E-state index in [1.165, 1.54) is 0 Å². The minimum absolute atomic E-state index is 0.381. The summed E-state index contributed by atoms with van der Waals surface area (Å²) >= 11 is 0. The first-order chi connectivity index (χ1) is 7.13. The lowest BCUT2D eigenvalue weighted by molar-refractivity contribution is 0.0616. The van der Waals surface area contributed by atoms with E-state index < -0.39 is 0 Å². The van der Waals surface area contributed by atoms with E-state index in [1.54, 1.807) is 24.3 Å². The predicted molar refractivity (Wildman–Crippen MR) is 60.3 cm³/mol. The Morgan fingerprint density at radius 3 is 2.53 bits per heavy atom. The summed E-state index contributed by atoms with van der Waals surface area (Å²) in [6.07, 6.45) is 1.61. The van der Waals surface area contributed by atoms with Gasteiger partial charge in [-0.3, -0.25) is 0 Å². The van der Waals surface area contributed by atoms with Gasteiger partial charge in [0.15, 0.2) is 0 Å². The lowest BCUT2D eigenvalue weighted by Gasteiger charge is -2.05.